The summed E-state index contributed by atoms with van der Waals surface area (Å²) in [6, 6.07) is 12.6. The van der Waals surface area contributed by atoms with Gasteiger partial charge < -0.3 is 10.6 Å². The van der Waals surface area contributed by atoms with E-state index in [2.05, 4.69) is 36.8 Å². The number of anilines is 1. The lowest BCUT2D eigenvalue weighted by molar-refractivity contribution is -0.123. The Bertz CT molecular complexity index is 777. The van der Waals surface area contributed by atoms with Gasteiger partial charge in [-0.05, 0) is 45.8 Å². The zero-order valence-corrected chi connectivity index (χ0v) is 15.2. The van der Waals surface area contributed by atoms with Crippen LogP contribution in [0.5, 0.6) is 0 Å². The summed E-state index contributed by atoms with van der Waals surface area (Å²) in [4.78, 5) is 20.7. The highest BCUT2D eigenvalue weighted by atomic mass is 79.9. The van der Waals surface area contributed by atoms with Crippen LogP contribution in [0.15, 0.2) is 47.1 Å². The Morgan fingerprint density at radius 2 is 1.84 bits per heavy atom. The van der Waals surface area contributed by atoms with Crippen LogP contribution in [-0.4, -0.2) is 42.0 Å². The maximum absolute atomic E-state index is 12.0. The molecule has 1 aliphatic heterocycles. The molecule has 2 aromatic rings. The molecule has 0 spiro atoms. The zero-order chi connectivity index (χ0) is 17.8. The maximum atomic E-state index is 12.0. The fourth-order valence-corrected chi connectivity index (χ4v) is 3.29. The van der Waals surface area contributed by atoms with E-state index in [0.717, 1.165) is 28.9 Å². The molecule has 7 heteroatoms. The second-order valence-electron chi connectivity index (χ2n) is 5.90. The van der Waals surface area contributed by atoms with Crippen LogP contribution in [0.3, 0.4) is 0 Å². The van der Waals surface area contributed by atoms with Crippen molar-refractivity contribution >= 4 is 27.7 Å². The summed E-state index contributed by atoms with van der Waals surface area (Å²) < 4.78 is 0.949. The van der Waals surface area contributed by atoms with Crippen molar-refractivity contribution in [2.45, 2.75) is 6.04 Å². The third-order valence-electron chi connectivity index (χ3n) is 4.34. The number of hydrogen-bond donors (Lipinski definition) is 1. The van der Waals surface area contributed by atoms with Crippen molar-refractivity contribution in [2.75, 3.05) is 31.1 Å². The third-order valence-corrected chi connectivity index (χ3v) is 4.81. The van der Waals surface area contributed by atoms with Gasteiger partial charge in [0.1, 0.15) is 11.9 Å². The Morgan fingerprint density at radius 1 is 1.16 bits per heavy atom. The molecule has 1 saturated heterocycles. The first-order valence-corrected chi connectivity index (χ1v) is 8.77. The highest BCUT2D eigenvalue weighted by molar-refractivity contribution is 9.10. The second kappa shape index (κ2) is 7.64. The number of pyridine rings is 1. The molecule has 1 unspecified atom stereocenters. The topological polar surface area (TPSA) is 86.2 Å². The van der Waals surface area contributed by atoms with Crippen LogP contribution in [0.4, 0.5) is 5.82 Å². The number of nitrogens with two attached hydrogens (primary N) is 1. The molecule has 0 bridgehead atoms. The lowest BCUT2D eigenvalue weighted by atomic mass is 10.0. The first kappa shape index (κ1) is 17.4. The number of piperazine rings is 1. The molecule has 25 heavy (non-hydrogen) atoms. The molecular weight excluding hydrogens is 382 g/mol. The lowest BCUT2D eigenvalue weighted by Crippen LogP contribution is -2.50. The Kier molecular flexibility index (Phi) is 5.31. The minimum Gasteiger partial charge on any atom is -0.368 e. The van der Waals surface area contributed by atoms with E-state index in [4.69, 9.17) is 11.0 Å². The molecule has 0 saturated carbocycles. The van der Waals surface area contributed by atoms with Crippen molar-refractivity contribution in [1.82, 2.24) is 9.88 Å². The Labute approximate surface area is 155 Å². The summed E-state index contributed by atoms with van der Waals surface area (Å²) in [5.74, 6) is 0.553. The van der Waals surface area contributed by atoms with E-state index in [0.29, 0.717) is 18.7 Å². The fraction of sp³-hybridized carbons (Fsp3) is 0.278. The van der Waals surface area contributed by atoms with Crippen molar-refractivity contribution in [1.29, 1.82) is 5.26 Å². The van der Waals surface area contributed by atoms with Gasteiger partial charge in [-0.25, -0.2) is 4.98 Å². The predicted molar refractivity (Wildman–Crippen MR) is 98.8 cm³/mol. The Morgan fingerprint density at radius 3 is 2.36 bits per heavy atom. The van der Waals surface area contributed by atoms with E-state index in [1.165, 1.54) is 0 Å². The number of hydrogen-bond acceptors (Lipinski definition) is 5. The van der Waals surface area contributed by atoms with Gasteiger partial charge in [0.2, 0.25) is 5.91 Å². The minimum absolute atomic E-state index is 0.375. The molecule has 2 heterocycles. The van der Waals surface area contributed by atoms with E-state index in [1.807, 2.05) is 12.1 Å². The van der Waals surface area contributed by atoms with E-state index < -0.39 is 6.04 Å². The molecule has 1 atom stereocenters. The second-order valence-corrected chi connectivity index (χ2v) is 6.81. The average Bonchev–Trinajstić information content (AvgIpc) is 2.63. The van der Waals surface area contributed by atoms with Crippen molar-refractivity contribution in [3.8, 4) is 6.07 Å². The molecular formula is C18H18BrN5O. The van der Waals surface area contributed by atoms with Crippen LogP contribution in [0.1, 0.15) is 17.2 Å². The highest BCUT2D eigenvalue weighted by Gasteiger charge is 2.29. The highest BCUT2D eigenvalue weighted by Crippen LogP contribution is 2.24. The molecule has 1 aliphatic rings. The number of aromatic nitrogens is 1. The van der Waals surface area contributed by atoms with Gasteiger partial charge in [-0.15, -0.1) is 0 Å². The van der Waals surface area contributed by atoms with Gasteiger partial charge in [0, 0.05) is 36.8 Å². The van der Waals surface area contributed by atoms with E-state index in [-0.39, 0.29) is 5.91 Å². The summed E-state index contributed by atoms with van der Waals surface area (Å²) in [6.07, 6.45) is 1.78. The smallest absolute Gasteiger partial charge is 0.239 e. The first-order valence-electron chi connectivity index (χ1n) is 7.98. The summed E-state index contributed by atoms with van der Waals surface area (Å²) in [6.45, 7) is 2.97. The Hall–Kier alpha value is -2.43. The van der Waals surface area contributed by atoms with Gasteiger partial charge >= 0.3 is 0 Å². The largest absolute Gasteiger partial charge is 0.368 e. The molecule has 1 fully saturated rings. The third kappa shape index (κ3) is 3.98. The fourth-order valence-electron chi connectivity index (χ4n) is 3.06. The van der Waals surface area contributed by atoms with Crippen LogP contribution in [0.2, 0.25) is 0 Å². The van der Waals surface area contributed by atoms with Crippen molar-refractivity contribution in [3.05, 3.63) is 58.2 Å². The number of primary amides is 1. The Balaban J connectivity index is 1.71. The summed E-state index contributed by atoms with van der Waals surface area (Å²) >= 11 is 3.39. The molecule has 1 aromatic carbocycles. The van der Waals surface area contributed by atoms with Gasteiger partial charge in [-0.3, -0.25) is 9.69 Å². The van der Waals surface area contributed by atoms with Gasteiger partial charge in [0.05, 0.1) is 11.6 Å². The number of carbonyl (C=O) groups is 1. The zero-order valence-electron chi connectivity index (χ0n) is 13.6. The normalized spacial score (nSPS) is 16.2. The first-order chi connectivity index (χ1) is 12.1. The number of amides is 1. The van der Waals surface area contributed by atoms with Crippen LogP contribution in [0, 0.1) is 11.3 Å². The maximum Gasteiger partial charge on any atom is 0.239 e. The van der Waals surface area contributed by atoms with Crippen LogP contribution < -0.4 is 10.6 Å². The van der Waals surface area contributed by atoms with Gasteiger partial charge in [-0.2, -0.15) is 5.26 Å². The number of halogens is 1. The monoisotopic (exact) mass is 399 g/mol. The standard InChI is InChI=1S/C18H18BrN5O/c19-15-5-6-16(22-12-15)23-7-9-24(10-8-23)17(18(21)25)14-3-1-13(11-20)2-4-14/h1-6,12,17H,7-10H2,(H2,21,25). The van der Waals surface area contributed by atoms with Gasteiger partial charge in [-0.1, -0.05) is 12.1 Å². The summed E-state index contributed by atoms with van der Waals surface area (Å²) in [7, 11) is 0. The summed E-state index contributed by atoms with van der Waals surface area (Å²) in [5, 5.41) is 8.91. The predicted octanol–water partition coefficient (Wildman–Crippen LogP) is 2.06. The molecule has 1 amide bonds. The number of carbonyl (C=O) groups excluding carboxylic acids is 1. The molecule has 0 radical (unpaired) electrons. The molecule has 3 rings (SSSR count). The SMILES string of the molecule is N#Cc1ccc(C(C(N)=O)N2CCN(c3ccc(Br)cn3)CC2)cc1. The molecule has 128 valence electrons. The number of rotatable bonds is 4. The summed E-state index contributed by atoms with van der Waals surface area (Å²) in [5.41, 5.74) is 7.04. The molecule has 2 N–H and O–H groups in total. The van der Waals surface area contributed by atoms with Crippen molar-refractivity contribution in [2.24, 2.45) is 5.73 Å². The molecule has 1 aromatic heterocycles. The van der Waals surface area contributed by atoms with Gasteiger partial charge in [0.25, 0.3) is 0 Å². The minimum atomic E-state index is -0.479. The average molecular weight is 400 g/mol. The lowest BCUT2D eigenvalue weighted by Gasteiger charge is -2.38. The number of nitrogens with zero attached hydrogens (tertiary/aromatic N) is 4. The van der Waals surface area contributed by atoms with E-state index in [1.54, 1.807) is 30.5 Å². The molecule has 0 aliphatic carbocycles. The van der Waals surface area contributed by atoms with Crippen LogP contribution in [-0.2, 0) is 4.79 Å². The number of nitriles is 1. The van der Waals surface area contributed by atoms with E-state index >= 15 is 0 Å². The molecule has 6 nitrogen and oxygen atoms in total. The van der Waals surface area contributed by atoms with Crippen molar-refractivity contribution < 1.29 is 4.79 Å². The number of benzene rings is 1. The van der Waals surface area contributed by atoms with E-state index in [9.17, 15) is 4.79 Å². The van der Waals surface area contributed by atoms with Crippen LogP contribution in [0.25, 0.3) is 0 Å². The quantitative estimate of drug-likeness (QED) is 0.849. The van der Waals surface area contributed by atoms with Gasteiger partial charge in [0.15, 0.2) is 0 Å². The van der Waals surface area contributed by atoms with Crippen molar-refractivity contribution in [3.63, 3.8) is 0 Å². The van der Waals surface area contributed by atoms with Crippen LogP contribution >= 0.6 is 15.9 Å².